The van der Waals surface area contributed by atoms with Crippen LogP contribution >= 0.6 is 0 Å². The van der Waals surface area contributed by atoms with Gasteiger partial charge in [0.15, 0.2) is 12.1 Å². The fraction of sp³-hybridized carbons (Fsp3) is 0.750. The van der Waals surface area contributed by atoms with E-state index in [-0.39, 0.29) is 12.2 Å². The molecule has 0 aromatic carbocycles. The predicted octanol–water partition coefficient (Wildman–Crippen LogP) is 3.06. The summed E-state index contributed by atoms with van der Waals surface area (Å²) in [6.45, 7) is 0. The molecule has 0 heterocycles. The second-order valence-corrected chi connectivity index (χ2v) is 5.17. The van der Waals surface area contributed by atoms with Gasteiger partial charge in [-0.3, -0.25) is 9.59 Å². The van der Waals surface area contributed by atoms with E-state index < -0.39 is 12.3 Å². The van der Waals surface area contributed by atoms with Crippen molar-refractivity contribution >= 4 is 11.8 Å². The van der Waals surface area contributed by atoms with Gasteiger partial charge in [0.25, 0.3) is 0 Å². The summed E-state index contributed by atoms with van der Waals surface area (Å²) in [5.41, 5.74) is 0. The molecule has 0 aliphatic rings. The molecule has 2 N–H and O–H groups in total. The van der Waals surface area contributed by atoms with Gasteiger partial charge in [0.2, 0.25) is 0 Å². The van der Waals surface area contributed by atoms with Gasteiger partial charge in [0.05, 0.1) is 0 Å². The lowest BCUT2D eigenvalue weighted by Crippen LogP contribution is -2.05. The lowest BCUT2D eigenvalue weighted by molar-refractivity contribution is -0.137. The number of carbonyl (C=O) groups is 2. The Morgan fingerprint density at radius 1 is 0.952 bits per heavy atom. The largest absolute Gasteiger partial charge is 0.481 e. The second-order valence-electron chi connectivity index (χ2n) is 5.17. The summed E-state index contributed by atoms with van der Waals surface area (Å²) in [5, 5.41) is 17.6. The van der Waals surface area contributed by atoms with Gasteiger partial charge >= 0.3 is 5.97 Å². The molecule has 0 rings (SSSR count). The Bertz CT molecular complexity index is 312. The lowest BCUT2D eigenvalue weighted by atomic mass is 10.1. The number of aliphatic hydroxyl groups is 1. The molecule has 21 heavy (non-hydrogen) atoms. The Labute approximate surface area is 127 Å². The van der Waals surface area contributed by atoms with Crippen LogP contribution in [0.15, 0.2) is 12.2 Å². The molecule has 0 saturated carbocycles. The molecule has 0 fully saturated rings. The molecule has 1 unspecified atom stereocenters. The molecule has 5 nitrogen and oxygen atoms in total. The number of rotatable bonds is 14. The number of carboxylic acid groups (broad SMARTS) is 1. The molecule has 0 radical (unpaired) electrons. The van der Waals surface area contributed by atoms with Crippen molar-refractivity contribution in [1.29, 1.82) is 0 Å². The molecule has 0 aliphatic carbocycles. The standard InChI is InChI=1S/C16H28O5/c1-21-16(20)13-12-14(17)10-8-6-4-2-3-5-7-9-11-15(18)19/h12-13,16,20H,2-11H2,1H3,(H,18,19)/b13-12+. The van der Waals surface area contributed by atoms with Crippen LogP contribution in [0.4, 0.5) is 0 Å². The number of methoxy groups -OCH3 is 1. The van der Waals surface area contributed by atoms with Crippen LogP contribution < -0.4 is 0 Å². The van der Waals surface area contributed by atoms with Gasteiger partial charge in [-0.25, -0.2) is 0 Å². The number of hydrogen-bond donors (Lipinski definition) is 2. The molecule has 0 saturated heterocycles. The van der Waals surface area contributed by atoms with Crippen LogP contribution in [0.25, 0.3) is 0 Å². The number of carboxylic acids is 1. The molecule has 122 valence electrons. The van der Waals surface area contributed by atoms with E-state index in [9.17, 15) is 9.59 Å². The fourth-order valence-electron chi connectivity index (χ4n) is 1.99. The highest BCUT2D eigenvalue weighted by atomic mass is 16.6. The summed E-state index contributed by atoms with van der Waals surface area (Å²) in [5.74, 6) is -0.702. The van der Waals surface area contributed by atoms with Crippen LogP contribution in [0.2, 0.25) is 0 Å². The van der Waals surface area contributed by atoms with E-state index in [0.717, 1.165) is 51.4 Å². The molecule has 1 atom stereocenters. The van der Waals surface area contributed by atoms with Crippen LogP contribution in [-0.2, 0) is 14.3 Å². The first-order valence-corrected chi connectivity index (χ1v) is 7.70. The van der Waals surface area contributed by atoms with Crippen molar-refractivity contribution < 1.29 is 24.5 Å². The minimum absolute atomic E-state index is 0.0137. The highest BCUT2D eigenvalue weighted by molar-refractivity contribution is 5.89. The van der Waals surface area contributed by atoms with Crippen molar-refractivity contribution in [3.63, 3.8) is 0 Å². The van der Waals surface area contributed by atoms with Gasteiger partial charge in [-0.15, -0.1) is 0 Å². The number of hydrogen-bond acceptors (Lipinski definition) is 4. The maximum absolute atomic E-state index is 11.4. The molecule has 0 spiro atoms. The van der Waals surface area contributed by atoms with Crippen LogP contribution in [-0.4, -0.2) is 35.4 Å². The van der Waals surface area contributed by atoms with E-state index in [2.05, 4.69) is 4.74 Å². The Morgan fingerprint density at radius 3 is 1.90 bits per heavy atom. The number of aliphatic carboxylic acids is 1. The highest BCUT2D eigenvalue weighted by Crippen LogP contribution is 2.11. The number of carbonyl (C=O) groups excluding carboxylic acids is 1. The molecule has 0 bridgehead atoms. The summed E-state index contributed by atoms with van der Waals surface area (Å²) in [4.78, 5) is 21.7. The first-order valence-electron chi connectivity index (χ1n) is 7.70. The average Bonchev–Trinajstić information content (AvgIpc) is 2.46. The number of unbranched alkanes of at least 4 members (excludes halogenated alkanes) is 7. The zero-order chi connectivity index (χ0) is 15.9. The van der Waals surface area contributed by atoms with E-state index in [0.29, 0.717) is 6.42 Å². The smallest absolute Gasteiger partial charge is 0.303 e. The summed E-state index contributed by atoms with van der Waals surface area (Å²) in [7, 11) is 1.38. The third-order valence-corrected chi connectivity index (χ3v) is 3.25. The zero-order valence-corrected chi connectivity index (χ0v) is 12.9. The Balaban J connectivity index is 3.30. The van der Waals surface area contributed by atoms with E-state index in [4.69, 9.17) is 10.2 Å². The van der Waals surface area contributed by atoms with Crippen LogP contribution in [0, 0.1) is 0 Å². The van der Waals surface area contributed by atoms with Gasteiger partial charge in [0.1, 0.15) is 0 Å². The highest BCUT2D eigenvalue weighted by Gasteiger charge is 2.00. The van der Waals surface area contributed by atoms with E-state index >= 15 is 0 Å². The Kier molecular flexibility index (Phi) is 13.0. The number of ketones is 1. The van der Waals surface area contributed by atoms with Crippen molar-refractivity contribution in [2.45, 2.75) is 70.5 Å². The molecule has 0 aromatic rings. The third kappa shape index (κ3) is 15.0. The monoisotopic (exact) mass is 300 g/mol. The van der Waals surface area contributed by atoms with Crippen molar-refractivity contribution in [1.82, 2.24) is 0 Å². The molecule has 0 amide bonds. The zero-order valence-electron chi connectivity index (χ0n) is 12.9. The average molecular weight is 300 g/mol. The molecule has 0 aromatic heterocycles. The summed E-state index contributed by atoms with van der Waals surface area (Å²) < 4.78 is 4.60. The summed E-state index contributed by atoms with van der Waals surface area (Å²) in [6, 6.07) is 0. The quantitative estimate of drug-likeness (QED) is 0.292. The Hall–Kier alpha value is -1.20. The third-order valence-electron chi connectivity index (χ3n) is 3.25. The van der Waals surface area contributed by atoms with Gasteiger partial charge < -0.3 is 14.9 Å². The second kappa shape index (κ2) is 13.8. The van der Waals surface area contributed by atoms with Gasteiger partial charge in [0, 0.05) is 20.0 Å². The first-order chi connectivity index (χ1) is 10.1. The van der Waals surface area contributed by atoms with Crippen LogP contribution in [0.1, 0.15) is 64.2 Å². The van der Waals surface area contributed by atoms with E-state index in [1.165, 1.54) is 19.3 Å². The molecule has 0 aliphatic heterocycles. The van der Waals surface area contributed by atoms with Crippen molar-refractivity contribution in [2.24, 2.45) is 0 Å². The van der Waals surface area contributed by atoms with Gasteiger partial charge in [-0.1, -0.05) is 38.5 Å². The SMILES string of the molecule is COC(O)/C=C/C(=O)CCCCCCCCCCC(=O)O. The van der Waals surface area contributed by atoms with Crippen molar-refractivity contribution in [3.05, 3.63) is 12.2 Å². The predicted molar refractivity (Wildman–Crippen MR) is 81.0 cm³/mol. The minimum atomic E-state index is -1.00. The van der Waals surface area contributed by atoms with Crippen LogP contribution in [0.3, 0.4) is 0 Å². The minimum Gasteiger partial charge on any atom is -0.481 e. The maximum Gasteiger partial charge on any atom is 0.303 e. The normalized spacial score (nSPS) is 12.7. The molecular formula is C16H28O5. The lowest BCUT2D eigenvalue weighted by Gasteiger charge is -2.02. The van der Waals surface area contributed by atoms with Gasteiger partial charge in [-0.2, -0.15) is 0 Å². The topological polar surface area (TPSA) is 83.8 Å². The summed E-state index contributed by atoms with van der Waals surface area (Å²) in [6.07, 6.45) is 10.6. The Morgan fingerprint density at radius 2 is 1.43 bits per heavy atom. The number of ether oxygens (including phenoxy) is 1. The van der Waals surface area contributed by atoms with Crippen LogP contribution in [0.5, 0.6) is 0 Å². The fourth-order valence-corrected chi connectivity index (χ4v) is 1.99. The maximum atomic E-state index is 11.4. The number of aliphatic hydroxyl groups excluding tert-OH is 1. The summed E-state index contributed by atoms with van der Waals surface area (Å²) >= 11 is 0. The molecule has 5 heteroatoms. The van der Waals surface area contributed by atoms with E-state index in [1.807, 2.05) is 0 Å². The molecular weight excluding hydrogens is 272 g/mol. The van der Waals surface area contributed by atoms with E-state index in [1.54, 1.807) is 0 Å². The van der Waals surface area contributed by atoms with Crippen molar-refractivity contribution in [2.75, 3.05) is 7.11 Å². The first kappa shape index (κ1) is 19.8. The number of allylic oxidation sites excluding steroid dienone is 1. The van der Waals surface area contributed by atoms with Crippen molar-refractivity contribution in [3.8, 4) is 0 Å². The van der Waals surface area contributed by atoms with Gasteiger partial charge in [-0.05, 0) is 25.0 Å².